The van der Waals surface area contributed by atoms with Crippen molar-refractivity contribution in [1.29, 1.82) is 0 Å². The normalized spacial score (nSPS) is 25.2. The van der Waals surface area contributed by atoms with E-state index in [1.54, 1.807) is 0 Å². The van der Waals surface area contributed by atoms with Gasteiger partial charge in [0.05, 0.1) is 13.2 Å². The number of carbonyl (C=O) groups excluding carboxylic acids is 1. The van der Waals surface area contributed by atoms with Crippen LogP contribution in [0, 0.1) is 0 Å². The van der Waals surface area contributed by atoms with Crippen LogP contribution >= 0.6 is 0 Å². The van der Waals surface area contributed by atoms with E-state index in [1.807, 2.05) is 0 Å². The van der Waals surface area contributed by atoms with Crippen LogP contribution in [-0.2, 0) is 20.7 Å². The fourth-order valence-electron chi connectivity index (χ4n) is 4.28. The summed E-state index contributed by atoms with van der Waals surface area (Å²) >= 11 is 0. The quantitative estimate of drug-likeness (QED) is 0.759. The zero-order valence-electron chi connectivity index (χ0n) is 15.4. The molecule has 1 saturated carbocycles. The van der Waals surface area contributed by atoms with Crippen LogP contribution in [-0.4, -0.2) is 30.4 Å². The third kappa shape index (κ3) is 5.05. The Labute approximate surface area is 151 Å². The van der Waals surface area contributed by atoms with Crippen molar-refractivity contribution in [2.75, 3.05) is 13.2 Å². The molecule has 1 saturated heterocycles. The highest BCUT2D eigenvalue weighted by atomic mass is 16.5. The first-order chi connectivity index (χ1) is 12.1. The topological polar surface area (TPSA) is 47.6 Å². The first kappa shape index (κ1) is 18.4. The van der Waals surface area contributed by atoms with Crippen molar-refractivity contribution in [3.05, 3.63) is 35.9 Å². The SMILES string of the molecule is CC(=O)OCCC1(CCCc2ccccc2)COC2(CCCCC2)N1. The Morgan fingerprint density at radius 3 is 2.64 bits per heavy atom. The van der Waals surface area contributed by atoms with Crippen LogP contribution in [0.3, 0.4) is 0 Å². The lowest BCUT2D eigenvalue weighted by Crippen LogP contribution is -2.53. The molecule has 1 aliphatic heterocycles. The van der Waals surface area contributed by atoms with E-state index in [4.69, 9.17) is 9.47 Å². The lowest BCUT2D eigenvalue weighted by Gasteiger charge is -2.36. The van der Waals surface area contributed by atoms with E-state index in [-0.39, 0.29) is 17.2 Å². The minimum atomic E-state index is -0.203. The predicted octanol–water partition coefficient (Wildman–Crippen LogP) is 3.98. The monoisotopic (exact) mass is 345 g/mol. The molecule has 3 rings (SSSR count). The molecule has 4 heteroatoms. The second-order valence-corrected chi connectivity index (χ2v) is 7.68. The average molecular weight is 345 g/mol. The summed E-state index contributed by atoms with van der Waals surface area (Å²) in [6, 6.07) is 10.6. The number of esters is 1. The Balaban J connectivity index is 1.59. The van der Waals surface area contributed by atoms with Crippen LogP contribution in [0.25, 0.3) is 0 Å². The van der Waals surface area contributed by atoms with Gasteiger partial charge in [-0.05, 0) is 50.5 Å². The summed E-state index contributed by atoms with van der Waals surface area (Å²) in [6.07, 6.45) is 10.0. The van der Waals surface area contributed by atoms with Crippen LogP contribution < -0.4 is 5.32 Å². The van der Waals surface area contributed by atoms with Crippen LogP contribution in [0.15, 0.2) is 30.3 Å². The largest absolute Gasteiger partial charge is 0.466 e. The number of hydrogen-bond acceptors (Lipinski definition) is 4. The summed E-state index contributed by atoms with van der Waals surface area (Å²) in [5.74, 6) is -0.203. The molecular weight excluding hydrogens is 314 g/mol. The molecular formula is C21H31NO3. The van der Waals surface area contributed by atoms with E-state index in [2.05, 4.69) is 35.6 Å². The Morgan fingerprint density at radius 1 is 1.16 bits per heavy atom. The van der Waals surface area contributed by atoms with Crippen molar-refractivity contribution in [1.82, 2.24) is 5.32 Å². The van der Waals surface area contributed by atoms with Gasteiger partial charge in [0, 0.05) is 18.9 Å². The van der Waals surface area contributed by atoms with Gasteiger partial charge in [-0.1, -0.05) is 36.8 Å². The number of nitrogens with one attached hydrogen (secondary N) is 1. The first-order valence-electron chi connectivity index (χ1n) is 9.72. The number of carbonyl (C=O) groups is 1. The maximum atomic E-state index is 11.1. The van der Waals surface area contributed by atoms with E-state index in [1.165, 1.54) is 31.7 Å². The summed E-state index contributed by atoms with van der Waals surface area (Å²) in [7, 11) is 0. The van der Waals surface area contributed by atoms with Gasteiger partial charge < -0.3 is 9.47 Å². The van der Waals surface area contributed by atoms with Gasteiger partial charge in [-0.25, -0.2) is 0 Å². The number of rotatable bonds is 7. The summed E-state index contributed by atoms with van der Waals surface area (Å²) < 4.78 is 11.5. The molecule has 138 valence electrons. The molecule has 1 N–H and O–H groups in total. The summed E-state index contributed by atoms with van der Waals surface area (Å²) in [5.41, 5.74) is 1.17. The molecule has 4 nitrogen and oxygen atoms in total. The molecule has 1 aromatic rings. The van der Waals surface area contributed by atoms with Crippen molar-refractivity contribution in [2.45, 2.75) is 76.0 Å². The zero-order valence-corrected chi connectivity index (χ0v) is 15.4. The van der Waals surface area contributed by atoms with Crippen molar-refractivity contribution in [3.8, 4) is 0 Å². The minimum Gasteiger partial charge on any atom is -0.466 e. The molecule has 2 fully saturated rings. The molecule has 0 bridgehead atoms. The van der Waals surface area contributed by atoms with Crippen LogP contribution in [0.5, 0.6) is 0 Å². The maximum absolute atomic E-state index is 11.1. The van der Waals surface area contributed by atoms with Crippen molar-refractivity contribution in [3.63, 3.8) is 0 Å². The Kier molecular flexibility index (Phi) is 6.13. The van der Waals surface area contributed by atoms with Crippen LogP contribution in [0.4, 0.5) is 0 Å². The molecule has 2 aliphatic rings. The van der Waals surface area contributed by atoms with Gasteiger partial charge in [-0.15, -0.1) is 0 Å². The number of aryl methyl sites for hydroxylation is 1. The Bertz CT molecular complexity index is 554. The van der Waals surface area contributed by atoms with Crippen molar-refractivity contribution < 1.29 is 14.3 Å². The third-order valence-corrected chi connectivity index (χ3v) is 5.63. The molecule has 1 aromatic carbocycles. The second kappa shape index (κ2) is 8.33. The van der Waals surface area contributed by atoms with Crippen molar-refractivity contribution >= 4 is 5.97 Å². The molecule has 0 radical (unpaired) electrons. The zero-order chi connectivity index (χ0) is 17.6. The van der Waals surface area contributed by atoms with Gasteiger partial charge >= 0.3 is 5.97 Å². The highest BCUT2D eigenvalue weighted by Gasteiger charge is 2.48. The minimum absolute atomic E-state index is 0.0679. The summed E-state index contributed by atoms with van der Waals surface area (Å²) in [4.78, 5) is 11.1. The highest BCUT2D eigenvalue weighted by Crippen LogP contribution is 2.39. The van der Waals surface area contributed by atoms with Gasteiger partial charge in [-0.2, -0.15) is 0 Å². The number of ether oxygens (including phenoxy) is 2. The van der Waals surface area contributed by atoms with Crippen LogP contribution in [0.2, 0.25) is 0 Å². The molecule has 1 unspecified atom stereocenters. The van der Waals surface area contributed by atoms with E-state index in [0.29, 0.717) is 6.61 Å². The van der Waals surface area contributed by atoms with Gasteiger partial charge in [0.15, 0.2) is 0 Å². The molecule has 1 spiro atoms. The Morgan fingerprint density at radius 2 is 1.92 bits per heavy atom. The molecule has 0 aromatic heterocycles. The second-order valence-electron chi connectivity index (χ2n) is 7.68. The van der Waals surface area contributed by atoms with E-state index in [0.717, 1.165) is 45.1 Å². The summed E-state index contributed by atoms with van der Waals surface area (Å²) in [6.45, 7) is 2.67. The van der Waals surface area contributed by atoms with Crippen LogP contribution in [0.1, 0.15) is 63.9 Å². The third-order valence-electron chi connectivity index (χ3n) is 5.63. The fourth-order valence-corrected chi connectivity index (χ4v) is 4.28. The van der Waals surface area contributed by atoms with E-state index >= 15 is 0 Å². The molecule has 25 heavy (non-hydrogen) atoms. The average Bonchev–Trinajstić information content (AvgIpc) is 2.94. The van der Waals surface area contributed by atoms with Gasteiger partial charge in [-0.3, -0.25) is 10.1 Å². The predicted molar refractivity (Wildman–Crippen MR) is 98.3 cm³/mol. The first-order valence-corrected chi connectivity index (χ1v) is 9.72. The smallest absolute Gasteiger partial charge is 0.302 e. The van der Waals surface area contributed by atoms with E-state index in [9.17, 15) is 4.79 Å². The molecule has 1 heterocycles. The Hall–Kier alpha value is -1.39. The summed E-state index contributed by atoms with van der Waals surface area (Å²) in [5, 5.41) is 3.87. The van der Waals surface area contributed by atoms with E-state index < -0.39 is 0 Å². The number of benzene rings is 1. The van der Waals surface area contributed by atoms with Crippen molar-refractivity contribution in [2.24, 2.45) is 0 Å². The highest BCUT2D eigenvalue weighted by molar-refractivity contribution is 5.65. The van der Waals surface area contributed by atoms with Gasteiger partial charge in [0.2, 0.25) is 0 Å². The number of hydrogen-bond donors (Lipinski definition) is 1. The lowest BCUT2D eigenvalue weighted by atomic mass is 9.86. The lowest BCUT2D eigenvalue weighted by molar-refractivity contribution is -0.141. The van der Waals surface area contributed by atoms with Gasteiger partial charge in [0.25, 0.3) is 0 Å². The fraction of sp³-hybridized carbons (Fsp3) is 0.667. The molecule has 1 atom stereocenters. The molecule has 0 amide bonds. The molecule has 1 aliphatic carbocycles. The standard InChI is InChI=1S/C21H31NO3/c1-18(23)24-16-15-20(12-8-11-19-9-4-2-5-10-19)17-25-21(22-20)13-6-3-7-14-21/h2,4-5,9-10,22H,3,6-8,11-17H2,1H3. The maximum Gasteiger partial charge on any atom is 0.302 e. The van der Waals surface area contributed by atoms with Gasteiger partial charge in [0.1, 0.15) is 5.72 Å².